The van der Waals surface area contributed by atoms with Gasteiger partial charge in [-0.05, 0) is 25.0 Å². The van der Waals surface area contributed by atoms with Crippen LogP contribution in [0.15, 0.2) is 0 Å². The van der Waals surface area contributed by atoms with E-state index in [1.165, 1.54) is 18.2 Å². The standard InChI is InChI=1S/C11H20N2O2S/c1-8-5-3-4-6-9(8)12-11(15)13-10(14)7-16-2/h8-9H,3-7H2,1-2H3,(H2,12,13,14,15)/t8-,9-/m1/s1. The third kappa shape index (κ3) is 4.43. The van der Waals surface area contributed by atoms with Gasteiger partial charge in [0.05, 0.1) is 5.75 Å². The molecular formula is C11H20N2O2S. The SMILES string of the molecule is CSCC(=O)NC(=O)N[C@@H]1CCCC[C@H]1C. The third-order valence-corrected chi connectivity index (χ3v) is 3.51. The largest absolute Gasteiger partial charge is 0.335 e. The van der Waals surface area contributed by atoms with Gasteiger partial charge in [0.25, 0.3) is 0 Å². The van der Waals surface area contributed by atoms with Crippen molar-refractivity contribution in [3.63, 3.8) is 0 Å². The number of nitrogens with one attached hydrogen (secondary N) is 2. The van der Waals surface area contributed by atoms with Gasteiger partial charge in [-0.25, -0.2) is 4.79 Å². The first-order chi connectivity index (χ1) is 7.63. The number of urea groups is 1. The highest BCUT2D eigenvalue weighted by Gasteiger charge is 2.23. The van der Waals surface area contributed by atoms with Crippen LogP contribution in [0.3, 0.4) is 0 Å². The highest BCUT2D eigenvalue weighted by molar-refractivity contribution is 7.99. The lowest BCUT2D eigenvalue weighted by Crippen LogP contribution is -2.48. The van der Waals surface area contributed by atoms with Gasteiger partial charge in [-0.3, -0.25) is 10.1 Å². The predicted octanol–water partition coefficient (Wildman–Crippen LogP) is 1.75. The zero-order valence-electron chi connectivity index (χ0n) is 9.91. The molecule has 1 fully saturated rings. The summed E-state index contributed by atoms with van der Waals surface area (Å²) in [6.45, 7) is 2.15. The average molecular weight is 244 g/mol. The molecule has 0 heterocycles. The van der Waals surface area contributed by atoms with E-state index in [0.29, 0.717) is 11.7 Å². The van der Waals surface area contributed by atoms with Gasteiger partial charge < -0.3 is 5.32 Å². The molecule has 0 bridgehead atoms. The molecule has 1 saturated carbocycles. The van der Waals surface area contributed by atoms with Crippen LogP contribution in [0.2, 0.25) is 0 Å². The normalized spacial score (nSPS) is 24.9. The molecule has 0 saturated heterocycles. The van der Waals surface area contributed by atoms with E-state index in [1.54, 1.807) is 0 Å². The van der Waals surface area contributed by atoms with Crippen molar-refractivity contribution in [1.82, 2.24) is 10.6 Å². The van der Waals surface area contributed by atoms with E-state index in [2.05, 4.69) is 17.6 Å². The Labute approximate surface area is 101 Å². The van der Waals surface area contributed by atoms with Crippen molar-refractivity contribution in [2.24, 2.45) is 5.92 Å². The summed E-state index contributed by atoms with van der Waals surface area (Å²) in [6.07, 6.45) is 6.41. The van der Waals surface area contributed by atoms with Gasteiger partial charge >= 0.3 is 6.03 Å². The van der Waals surface area contributed by atoms with Gasteiger partial charge in [0.2, 0.25) is 5.91 Å². The Morgan fingerprint density at radius 3 is 2.62 bits per heavy atom. The van der Waals surface area contributed by atoms with E-state index in [-0.39, 0.29) is 18.0 Å². The van der Waals surface area contributed by atoms with Crippen molar-refractivity contribution >= 4 is 23.7 Å². The van der Waals surface area contributed by atoms with Crippen molar-refractivity contribution in [2.45, 2.75) is 38.6 Å². The molecule has 5 heteroatoms. The van der Waals surface area contributed by atoms with Gasteiger partial charge in [-0.15, -0.1) is 0 Å². The van der Waals surface area contributed by atoms with Gasteiger partial charge in [0.1, 0.15) is 0 Å². The lowest BCUT2D eigenvalue weighted by atomic mass is 9.86. The number of hydrogen-bond donors (Lipinski definition) is 2. The van der Waals surface area contributed by atoms with E-state index in [0.717, 1.165) is 19.3 Å². The van der Waals surface area contributed by atoms with Crippen LogP contribution in [0.1, 0.15) is 32.6 Å². The van der Waals surface area contributed by atoms with E-state index in [4.69, 9.17) is 0 Å². The Bertz CT molecular complexity index is 258. The molecule has 0 aromatic heterocycles. The number of carbonyl (C=O) groups excluding carboxylic acids is 2. The van der Waals surface area contributed by atoms with Crippen LogP contribution in [0.5, 0.6) is 0 Å². The Morgan fingerprint density at radius 2 is 2.00 bits per heavy atom. The average Bonchev–Trinajstić information content (AvgIpc) is 2.21. The smallest absolute Gasteiger partial charge is 0.321 e. The van der Waals surface area contributed by atoms with Crippen LogP contribution in [0.25, 0.3) is 0 Å². The minimum Gasteiger partial charge on any atom is -0.335 e. The third-order valence-electron chi connectivity index (χ3n) is 2.96. The minimum atomic E-state index is -0.349. The molecule has 1 aliphatic carbocycles. The van der Waals surface area contributed by atoms with Gasteiger partial charge in [0, 0.05) is 6.04 Å². The van der Waals surface area contributed by atoms with E-state index >= 15 is 0 Å². The summed E-state index contributed by atoms with van der Waals surface area (Å²) in [6, 6.07) is -0.131. The first-order valence-corrected chi connectivity index (χ1v) is 7.12. The second kappa shape index (κ2) is 6.78. The second-order valence-corrected chi connectivity index (χ2v) is 5.19. The molecular weight excluding hydrogens is 224 g/mol. The quantitative estimate of drug-likeness (QED) is 0.795. The maximum Gasteiger partial charge on any atom is 0.321 e. The molecule has 16 heavy (non-hydrogen) atoms. The first kappa shape index (κ1) is 13.4. The first-order valence-electron chi connectivity index (χ1n) is 5.72. The van der Waals surface area contributed by atoms with E-state index in [1.807, 2.05) is 6.26 Å². The summed E-state index contributed by atoms with van der Waals surface area (Å²) in [5.74, 6) is 0.608. The van der Waals surface area contributed by atoms with Gasteiger partial charge in [-0.2, -0.15) is 11.8 Å². The fraction of sp³-hybridized carbons (Fsp3) is 0.818. The van der Waals surface area contributed by atoms with E-state index < -0.39 is 0 Å². The summed E-state index contributed by atoms with van der Waals surface area (Å²) >= 11 is 1.41. The van der Waals surface area contributed by atoms with Crippen LogP contribution < -0.4 is 10.6 Å². The number of imide groups is 1. The summed E-state index contributed by atoms with van der Waals surface area (Å²) < 4.78 is 0. The summed E-state index contributed by atoms with van der Waals surface area (Å²) in [4.78, 5) is 22.7. The van der Waals surface area contributed by atoms with Gasteiger partial charge in [0.15, 0.2) is 0 Å². The molecule has 0 spiro atoms. The Balaban J connectivity index is 2.30. The topological polar surface area (TPSA) is 58.2 Å². The van der Waals surface area contributed by atoms with Crippen molar-refractivity contribution in [3.8, 4) is 0 Å². The zero-order valence-corrected chi connectivity index (χ0v) is 10.7. The van der Waals surface area contributed by atoms with Crippen LogP contribution >= 0.6 is 11.8 Å². The number of hydrogen-bond acceptors (Lipinski definition) is 3. The monoisotopic (exact) mass is 244 g/mol. The summed E-state index contributed by atoms with van der Waals surface area (Å²) in [7, 11) is 0. The molecule has 92 valence electrons. The lowest BCUT2D eigenvalue weighted by Gasteiger charge is -2.29. The summed E-state index contributed by atoms with van der Waals surface area (Å²) in [5, 5.41) is 5.22. The molecule has 2 N–H and O–H groups in total. The molecule has 2 atom stereocenters. The molecule has 0 aromatic rings. The molecule has 1 aliphatic rings. The molecule has 0 unspecified atom stereocenters. The fourth-order valence-corrected chi connectivity index (χ4v) is 2.36. The molecule has 3 amide bonds. The van der Waals surface area contributed by atoms with Crippen molar-refractivity contribution < 1.29 is 9.59 Å². The molecule has 4 nitrogen and oxygen atoms in total. The molecule has 0 aromatic carbocycles. The Hall–Kier alpha value is -0.710. The molecule has 0 aliphatic heterocycles. The maximum atomic E-state index is 11.5. The highest BCUT2D eigenvalue weighted by atomic mass is 32.2. The number of amides is 3. The highest BCUT2D eigenvalue weighted by Crippen LogP contribution is 2.23. The minimum absolute atomic E-state index is 0.218. The van der Waals surface area contributed by atoms with Crippen LogP contribution in [0, 0.1) is 5.92 Å². The van der Waals surface area contributed by atoms with Crippen molar-refractivity contribution in [1.29, 1.82) is 0 Å². The van der Waals surface area contributed by atoms with Crippen LogP contribution in [-0.4, -0.2) is 30.0 Å². The van der Waals surface area contributed by atoms with Gasteiger partial charge in [-0.1, -0.05) is 19.8 Å². The second-order valence-electron chi connectivity index (χ2n) is 4.32. The zero-order chi connectivity index (χ0) is 12.0. The van der Waals surface area contributed by atoms with Crippen LogP contribution in [-0.2, 0) is 4.79 Å². The number of rotatable bonds is 3. The van der Waals surface area contributed by atoms with Crippen molar-refractivity contribution in [2.75, 3.05) is 12.0 Å². The molecule has 1 rings (SSSR count). The lowest BCUT2D eigenvalue weighted by molar-refractivity contribution is -0.117. The Morgan fingerprint density at radius 1 is 1.31 bits per heavy atom. The van der Waals surface area contributed by atoms with Crippen molar-refractivity contribution in [3.05, 3.63) is 0 Å². The Kier molecular flexibility index (Phi) is 5.66. The molecule has 0 radical (unpaired) electrons. The fourth-order valence-electron chi connectivity index (χ4n) is 2.03. The van der Waals surface area contributed by atoms with E-state index in [9.17, 15) is 9.59 Å². The van der Waals surface area contributed by atoms with Crippen LogP contribution in [0.4, 0.5) is 4.79 Å². The predicted molar refractivity (Wildman–Crippen MR) is 66.5 cm³/mol. The summed E-state index contributed by atoms with van der Waals surface area (Å²) in [5.41, 5.74) is 0. The number of thioether (sulfide) groups is 1. The maximum absolute atomic E-state index is 11.5. The number of carbonyl (C=O) groups is 2.